The van der Waals surface area contributed by atoms with Crippen LogP contribution in [0.25, 0.3) is 0 Å². The molecule has 0 radical (unpaired) electrons. The van der Waals surface area contributed by atoms with Crippen molar-refractivity contribution in [1.29, 1.82) is 0 Å². The molecule has 5 N–H and O–H groups in total. The highest BCUT2D eigenvalue weighted by Gasteiger charge is 2.12. The van der Waals surface area contributed by atoms with Crippen LogP contribution in [0.1, 0.15) is 96.8 Å². The second-order valence-electron chi connectivity index (χ2n) is 7.26. The van der Waals surface area contributed by atoms with Gasteiger partial charge in [-0.3, -0.25) is 4.52 Å². The number of hydrogen-bond acceptors (Lipinski definition) is 4. The van der Waals surface area contributed by atoms with Gasteiger partial charge in [0.05, 0.1) is 6.61 Å². The molecule has 0 amide bonds. The molecule has 0 bridgehead atoms. The zero-order valence-electron chi connectivity index (χ0n) is 17.9. The molecular formula is C19H47N2O4P. The van der Waals surface area contributed by atoms with Gasteiger partial charge in [-0.15, -0.1) is 0 Å². The maximum absolute atomic E-state index is 10.4. The van der Waals surface area contributed by atoms with Crippen molar-refractivity contribution in [3.63, 3.8) is 0 Å². The van der Waals surface area contributed by atoms with E-state index in [1.165, 1.54) is 70.6 Å². The summed E-state index contributed by atoms with van der Waals surface area (Å²) in [5.74, 6) is 0. The van der Waals surface area contributed by atoms with E-state index in [0.29, 0.717) is 0 Å². The SMILES string of the molecule is CCCCCCCCCCCCCCCCOP(=O)(O)O.CN(C)C.N. The minimum absolute atomic E-state index is 0. The van der Waals surface area contributed by atoms with Gasteiger partial charge in [0.15, 0.2) is 0 Å². The van der Waals surface area contributed by atoms with Crippen LogP contribution in [-0.2, 0) is 9.09 Å². The van der Waals surface area contributed by atoms with E-state index in [1.54, 1.807) is 0 Å². The molecular weight excluding hydrogens is 351 g/mol. The van der Waals surface area contributed by atoms with Gasteiger partial charge in [-0.05, 0) is 27.6 Å². The summed E-state index contributed by atoms with van der Waals surface area (Å²) in [4.78, 5) is 19.0. The summed E-state index contributed by atoms with van der Waals surface area (Å²) >= 11 is 0. The van der Waals surface area contributed by atoms with Crippen LogP contribution in [0.2, 0.25) is 0 Å². The first kappa shape index (κ1) is 30.7. The van der Waals surface area contributed by atoms with Gasteiger partial charge in [0.25, 0.3) is 0 Å². The molecule has 0 unspecified atom stereocenters. The summed E-state index contributed by atoms with van der Waals surface area (Å²) in [6.07, 6.45) is 17.8. The highest BCUT2D eigenvalue weighted by Crippen LogP contribution is 2.35. The molecule has 0 aliphatic heterocycles. The molecule has 26 heavy (non-hydrogen) atoms. The molecule has 0 saturated carbocycles. The molecule has 0 saturated heterocycles. The minimum Gasteiger partial charge on any atom is -0.344 e. The highest BCUT2D eigenvalue weighted by atomic mass is 31.2. The molecule has 0 aromatic rings. The lowest BCUT2D eigenvalue weighted by Gasteiger charge is -2.05. The average Bonchev–Trinajstić information content (AvgIpc) is 2.49. The van der Waals surface area contributed by atoms with E-state index < -0.39 is 7.82 Å². The molecule has 0 aliphatic carbocycles. The second-order valence-corrected chi connectivity index (χ2v) is 8.50. The molecule has 0 aromatic heterocycles. The Balaban J connectivity index is -0.000000951. The van der Waals surface area contributed by atoms with Gasteiger partial charge in [0.2, 0.25) is 0 Å². The lowest BCUT2D eigenvalue weighted by molar-refractivity contribution is 0.193. The van der Waals surface area contributed by atoms with Crippen molar-refractivity contribution in [2.45, 2.75) is 96.8 Å². The monoisotopic (exact) mass is 398 g/mol. The van der Waals surface area contributed by atoms with E-state index >= 15 is 0 Å². The van der Waals surface area contributed by atoms with Crippen LogP contribution in [0.3, 0.4) is 0 Å². The number of unbranched alkanes of at least 4 members (excludes halogenated alkanes) is 13. The fraction of sp³-hybridized carbons (Fsp3) is 1.00. The van der Waals surface area contributed by atoms with E-state index in [4.69, 9.17) is 9.79 Å². The fourth-order valence-electron chi connectivity index (χ4n) is 2.48. The van der Waals surface area contributed by atoms with Crippen LogP contribution in [0.5, 0.6) is 0 Å². The van der Waals surface area contributed by atoms with Crippen molar-refractivity contribution in [2.24, 2.45) is 0 Å². The summed E-state index contributed by atoms with van der Waals surface area (Å²) in [5.41, 5.74) is 0. The Morgan fingerprint density at radius 3 is 1.23 bits per heavy atom. The number of rotatable bonds is 16. The Labute approximate surface area is 162 Å². The van der Waals surface area contributed by atoms with Gasteiger partial charge in [0, 0.05) is 0 Å². The Bertz CT molecular complexity index is 297. The first-order chi connectivity index (χ1) is 11.8. The smallest absolute Gasteiger partial charge is 0.344 e. The van der Waals surface area contributed by atoms with Crippen molar-refractivity contribution in [2.75, 3.05) is 27.7 Å². The Morgan fingerprint density at radius 1 is 0.692 bits per heavy atom. The molecule has 7 heteroatoms. The summed E-state index contributed by atoms with van der Waals surface area (Å²) in [7, 11) is 1.75. The third-order valence-electron chi connectivity index (χ3n) is 3.76. The van der Waals surface area contributed by atoms with Crippen LogP contribution < -0.4 is 6.15 Å². The van der Waals surface area contributed by atoms with Crippen molar-refractivity contribution >= 4 is 7.82 Å². The zero-order valence-corrected chi connectivity index (χ0v) is 18.8. The number of nitrogens with zero attached hydrogens (tertiary/aromatic N) is 1. The quantitative estimate of drug-likeness (QED) is 0.220. The van der Waals surface area contributed by atoms with Gasteiger partial charge in [-0.25, -0.2) is 4.57 Å². The van der Waals surface area contributed by atoms with Gasteiger partial charge in [-0.2, -0.15) is 0 Å². The predicted octanol–water partition coefficient (Wildman–Crippen LogP) is 5.92. The molecule has 0 rings (SSSR count). The van der Waals surface area contributed by atoms with E-state index in [0.717, 1.165) is 19.3 Å². The standard InChI is InChI=1S/C16H35O4P.C3H9N.H3N/c1-2-3-4-5-6-7-8-9-10-11-12-13-14-15-16-20-21(17,18)19;1-4(2)3;/h2-16H2,1H3,(H2,17,18,19);1-3H3;1H3. The molecule has 0 aromatic carbocycles. The molecule has 162 valence electrons. The maximum Gasteiger partial charge on any atom is 0.469 e. The van der Waals surface area contributed by atoms with Crippen molar-refractivity contribution in [1.82, 2.24) is 11.1 Å². The Morgan fingerprint density at radius 2 is 0.962 bits per heavy atom. The normalized spacial score (nSPS) is 11.0. The maximum atomic E-state index is 10.4. The van der Waals surface area contributed by atoms with E-state index in [2.05, 4.69) is 11.4 Å². The minimum atomic E-state index is -4.25. The third kappa shape index (κ3) is 39.2. The summed E-state index contributed by atoms with van der Waals surface area (Å²) in [6, 6.07) is 0. The van der Waals surface area contributed by atoms with E-state index in [-0.39, 0.29) is 12.8 Å². The van der Waals surface area contributed by atoms with Crippen LogP contribution in [-0.4, -0.2) is 42.4 Å². The molecule has 0 fully saturated rings. The van der Waals surface area contributed by atoms with Gasteiger partial charge in [-0.1, -0.05) is 90.4 Å². The Kier molecular flexibility index (Phi) is 27.3. The summed E-state index contributed by atoms with van der Waals surface area (Å²) in [6.45, 7) is 2.42. The fourth-order valence-corrected chi connectivity index (χ4v) is 2.85. The van der Waals surface area contributed by atoms with E-state index in [1.807, 2.05) is 26.0 Å². The summed E-state index contributed by atoms with van der Waals surface area (Å²) < 4.78 is 14.8. The van der Waals surface area contributed by atoms with E-state index in [9.17, 15) is 4.57 Å². The molecule has 0 spiro atoms. The molecule has 6 nitrogen and oxygen atoms in total. The third-order valence-corrected chi connectivity index (χ3v) is 4.28. The zero-order chi connectivity index (χ0) is 19.4. The largest absolute Gasteiger partial charge is 0.469 e. The number of hydrogen-bond donors (Lipinski definition) is 3. The lowest BCUT2D eigenvalue weighted by atomic mass is 10.0. The van der Waals surface area contributed by atoms with Crippen molar-refractivity contribution in [3.8, 4) is 0 Å². The second kappa shape index (κ2) is 23.1. The summed E-state index contributed by atoms with van der Waals surface area (Å²) in [5, 5.41) is 0. The first-order valence-corrected chi connectivity index (χ1v) is 11.6. The van der Waals surface area contributed by atoms with Gasteiger partial charge >= 0.3 is 7.82 Å². The van der Waals surface area contributed by atoms with Crippen LogP contribution in [0.15, 0.2) is 0 Å². The van der Waals surface area contributed by atoms with Crippen molar-refractivity contribution < 1.29 is 18.9 Å². The highest BCUT2D eigenvalue weighted by molar-refractivity contribution is 7.46. The van der Waals surface area contributed by atoms with Gasteiger partial charge < -0.3 is 20.8 Å². The first-order valence-electron chi connectivity index (χ1n) is 10.1. The molecule has 0 atom stereocenters. The van der Waals surface area contributed by atoms with Crippen LogP contribution in [0, 0.1) is 0 Å². The van der Waals surface area contributed by atoms with Crippen LogP contribution >= 0.6 is 7.82 Å². The predicted molar refractivity (Wildman–Crippen MR) is 113 cm³/mol. The average molecular weight is 399 g/mol. The Hall–Kier alpha value is 0.0300. The van der Waals surface area contributed by atoms with Crippen LogP contribution in [0.4, 0.5) is 0 Å². The number of phosphoric acid groups is 1. The lowest BCUT2D eigenvalue weighted by Crippen LogP contribution is -1.99. The van der Waals surface area contributed by atoms with Crippen molar-refractivity contribution in [3.05, 3.63) is 0 Å². The topological polar surface area (TPSA) is 105 Å². The molecule has 0 heterocycles. The molecule has 0 aliphatic rings. The van der Waals surface area contributed by atoms with Gasteiger partial charge in [0.1, 0.15) is 0 Å². The number of phosphoric ester groups is 1.